The van der Waals surface area contributed by atoms with Gasteiger partial charge in [-0.15, -0.1) is 13.2 Å². The largest absolute Gasteiger partial charge is 0.358 e. The fraction of sp³-hybridized carbons (Fsp3) is 0.455. The van der Waals surface area contributed by atoms with Crippen molar-refractivity contribution in [3.63, 3.8) is 0 Å². The van der Waals surface area contributed by atoms with E-state index in [0.29, 0.717) is 26.1 Å². The molecule has 15 heavy (non-hydrogen) atoms. The molecule has 0 N–H and O–H groups in total. The highest BCUT2D eigenvalue weighted by Crippen LogP contribution is 2.62. The molecule has 0 bridgehead atoms. The van der Waals surface area contributed by atoms with Gasteiger partial charge in [0, 0.05) is 5.31 Å². The van der Waals surface area contributed by atoms with Crippen molar-refractivity contribution in [1.82, 2.24) is 0 Å². The number of rotatable bonds is 6. The Morgan fingerprint density at radius 2 is 2.13 bits per heavy atom. The van der Waals surface area contributed by atoms with Crippen LogP contribution in [0.2, 0.25) is 0 Å². The molecule has 0 amide bonds. The fourth-order valence-corrected chi connectivity index (χ4v) is 3.49. The summed E-state index contributed by atoms with van der Waals surface area (Å²) in [6, 6.07) is 0. The van der Waals surface area contributed by atoms with Gasteiger partial charge in [-0.05, 0) is 25.3 Å². The van der Waals surface area contributed by atoms with E-state index in [4.69, 9.17) is 9.05 Å². The molecule has 0 saturated carbocycles. The first-order valence-electron chi connectivity index (χ1n) is 5.00. The van der Waals surface area contributed by atoms with Gasteiger partial charge >= 0.3 is 7.60 Å². The molecule has 1 aliphatic heterocycles. The maximum atomic E-state index is 12.2. The predicted molar refractivity (Wildman–Crippen MR) is 61.8 cm³/mol. The monoisotopic (exact) mass is 228 g/mol. The van der Waals surface area contributed by atoms with E-state index in [1.54, 1.807) is 19.1 Å². The number of allylic oxidation sites excluding steroid dienone is 3. The van der Waals surface area contributed by atoms with Crippen molar-refractivity contribution >= 4 is 7.60 Å². The summed E-state index contributed by atoms with van der Waals surface area (Å²) in [6.07, 6.45) is 4.75. The van der Waals surface area contributed by atoms with Crippen LogP contribution in [0, 0.1) is 0 Å². The molecule has 84 valence electrons. The second kappa shape index (κ2) is 5.45. The minimum atomic E-state index is -3.02. The average molecular weight is 228 g/mol. The van der Waals surface area contributed by atoms with E-state index in [0.717, 1.165) is 10.9 Å². The lowest BCUT2D eigenvalue weighted by Gasteiger charge is -2.13. The van der Waals surface area contributed by atoms with Crippen LogP contribution < -0.4 is 0 Å². The van der Waals surface area contributed by atoms with Gasteiger partial charge in [0.2, 0.25) is 0 Å². The molecule has 0 spiro atoms. The molecule has 1 rings (SSSR count). The molecular formula is C11H17O3P. The summed E-state index contributed by atoms with van der Waals surface area (Å²) in [7, 11) is -3.02. The molecule has 1 heterocycles. The third-order valence-electron chi connectivity index (χ3n) is 2.17. The van der Waals surface area contributed by atoms with Gasteiger partial charge in [0.15, 0.2) is 0 Å². The molecule has 1 unspecified atom stereocenters. The first kappa shape index (κ1) is 12.4. The first-order valence-corrected chi connectivity index (χ1v) is 6.54. The van der Waals surface area contributed by atoms with Crippen LogP contribution in [0.1, 0.15) is 19.8 Å². The predicted octanol–water partition coefficient (Wildman–Crippen LogP) is 3.65. The van der Waals surface area contributed by atoms with Gasteiger partial charge in [-0.25, -0.2) is 0 Å². The first-order chi connectivity index (χ1) is 7.18. The minimum absolute atomic E-state index is 0.381. The molecule has 0 aromatic carbocycles. The van der Waals surface area contributed by atoms with Crippen molar-refractivity contribution in [3.8, 4) is 0 Å². The molecule has 1 aliphatic rings. The van der Waals surface area contributed by atoms with Gasteiger partial charge < -0.3 is 9.05 Å². The Morgan fingerprint density at radius 3 is 2.67 bits per heavy atom. The lowest BCUT2D eigenvalue weighted by atomic mass is 10.1. The third-order valence-corrected chi connectivity index (χ3v) is 4.40. The molecule has 0 fully saturated rings. The average Bonchev–Trinajstić information content (AvgIpc) is 2.48. The van der Waals surface area contributed by atoms with Gasteiger partial charge in [-0.2, -0.15) is 0 Å². The minimum Gasteiger partial charge on any atom is -0.306 e. The van der Waals surface area contributed by atoms with E-state index in [9.17, 15) is 4.57 Å². The van der Waals surface area contributed by atoms with E-state index in [1.807, 2.05) is 0 Å². The SMILES string of the molecule is C=CCC1=C(CC=C)P(=O)(OCC)OC1. The second-order valence-electron chi connectivity index (χ2n) is 3.22. The quantitative estimate of drug-likeness (QED) is 0.514. The molecule has 4 heteroatoms. The van der Waals surface area contributed by atoms with Crippen LogP contribution in [-0.4, -0.2) is 13.2 Å². The Labute approximate surface area is 91.0 Å². The zero-order chi connectivity index (χ0) is 11.3. The van der Waals surface area contributed by atoms with Crippen LogP contribution in [0.3, 0.4) is 0 Å². The zero-order valence-electron chi connectivity index (χ0n) is 9.07. The fourth-order valence-electron chi connectivity index (χ4n) is 1.55. The van der Waals surface area contributed by atoms with Gasteiger partial charge in [-0.1, -0.05) is 12.2 Å². The topological polar surface area (TPSA) is 35.5 Å². The maximum absolute atomic E-state index is 12.2. The van der Waals surface area contributed by atoms with Gasteiger partial charge in [-0.3, -0.25) is 4.57 Å². The summed E-state index contributed by atoms with van der Waals surface area (Å²) in [6.45, 7) is 9.89. The van der Waals surface area contributed by atoms with Crippen LogP contribution in [0.25, 0.3) is 0 Å². The van der Waals surface area contributed by atoms with E-state index >= 15 is 0 Å². The lowest BCUT2D eigenvalue weighted by Crippen LogP contribution is -1.91. The lowest BCUT2D eigenvalue weighted by molar-refractivity contribution is 0.240. The Morgan fingerprint density at radius 1 is 1.47 bits per heavy atom. The Hall–Kier alpha value is -0.630. The van der Waals surface area contributed by atoms with Crippen LogP contribution >= 0.6 is 7.60 Å². The van der Waals surface area contributed by atoms with Crippen molar-refractivity contribution in [2.24, 2.45) is 0 Å². The van der Waals surface area contributed by atoms with Crippen molar-refractivity contribution in [2.45, 2.75) is 19.8 Å². The van der Waals surface area contributed by atoms with E-state index < -0.39 is 7.60 Å². The standard InChI is InChI=1S/C11H17O3P/c1-4-7-10-9-14-15(12,13-6-3)11(10)8-5-2/h4-5H,1-2,6-9H2,3H3. The van der Waals surface area contributed by atoms with Crippen molar-refractivity contribution in [1.29, 1.82) is 0 Å². The summed E-state index contributed by atoms with van der Waals surface area (Å²) in [5.74, 6) is 0. The molecule has 3 nitrogen and oxygen atoms in total. The van der Waals surface area contributed by atoms with E-state index in [1.165, 1.54) is 0 Å². The van der Waals surface area contributed by atoms with E-state index in [-0.39, 0.29) is 0 Å². The molecule has 0 aliphatic carbocycles. The molecule has 0 radical (unpaired) electrons. The summed E-state index contributed by atoms with van der Waals surface area (Å²) in [5, 5.41) is 0.763. The van der Waals surface area contributed by atoms with Crippen molar-refractivity contribution < 1.29 is 13.6 Å². The molecule has 0 saturated heterocycles. The highest BCUT2D eigenvalue weighted by atomic mass is 31.2. The number of hydrogen-bond donors (Lipinski definition) is 0. The highest BCUT2D eigenvalue weighted by Gasteiger charge is 2.36. The summed E-state index contributed by atoms with van der Waals surface area (Å²) in [5.41, 5.74) is 1.02. The Balaban J connectivity index is 2.97. The molecule has 0 aromatic rings. The maximum Gasteiger partial charge on any atom is 0.358 e. The third kappa shape index (κ3) is 2.69. The van der Waals surface area contributed by atoms with Crippen molar-refractivity contribution in [2.75, 3.05) is 13.2 Å². The molecule has 1 atom stereocenters. The van der Waals surface area contributed by atoms with Gasteiger partial charge in [0.25, 0.3) is 0 Å². The summed E-state index contributed by atoms with van der Waals surface area (Å²) >= 11 is 0. The van der Waals surface area contributed by atoms with Crippen molar-refractivity contribution in [3.05, 3.63) is 36.2 Å². The van der Waals surface area contributed by atoms with Gasteiger partial charge in [0.1, 0.15) is 0 Å². The zero-order valence-corrected chi connectivity index (χ0v) is 9.96. The number of hydrogen-bond acceptors (Lipinski definition) is 3. The van der Waals surface area contributed by atoms with E-state index in [2.05, 4.69) is 13.2 Å². The second-order valence-corrected chi connectivity index (χ2v) is 5.28. The summed E-state index contributed by atoms with van der Waals surface area (Å²) < 4.78 is 22.7. The van der Waals surface area contributed by atoms with Crippen LogP contribution in [0.4, 0.5) is 0 Å². The highest BCUT2D eigenvalue weighted by molar-refractivity contribution is 7.58. The molecular weight excluding hydrogens is 211 g/mol. The molecule has 0 aromatic heterocycles. The normalized spacial score (nSPS) is 25.7. The van der Waals surface area contributed by atoms with Crippen LogP contribution in [-0.2, 0) is 13.6 Å². The smallest absolute Gasteiger partial charge is 0.306 e. The Kier molecular flexibility index (Phi) is 4.52. The van der Waals surface area contributed by atoms with Gasteiger partial charge in [0.05, 0.1) is 13.2 Å². The Bertz CT molecular complexity index is 331. The van der Waals surface area contributed by atoms with Crippen LogP contribution in [0.15, 0.2) is 36.2 Å². The summed E-state index contributed by atoms with van der Waals surface area (Å²) in [4.78, 5) is 0. The van der Waals surface area contributed by atoms with Crippen LogP contribution in [0.5, 0.6) is 0 Å².